The van der Waals surface area contributed by atoms with E-state index in [-0.39, 0.29) is 24.2 Å². The summed E-state index contributed by atoms with van der Waals surface area (Å²) in [5.41, 5.74) is 1.32. The first-order valence-electron chi connectivity index (χ1n) is 10.8. The molecule has 0 spiro atoms. The fourth-order valence-corrected chi connectivity index (χ4v) is 4.50. The van der Waals surface area contributed by atoms with Gasteiger partial charge in [-0.3, -0.25) is 14.5 Å². The van der Waals surface area contributed by atoms with Crippen LogP contribution >= 0.6 is 12.4 Å². The third-order valence-electron chi connectivity index (χ3n) is 6.43. The smallest absolute Gasteiger partial charge is 0.252 e. The van der Waals surface area contributed by atoms with Crippen LogP contribution < -0.4 is 5.32 Å². The van der Waals surface area contributed by atoms with Crippen molar-refractivity contribution in [2.24, 2.45) is 0 Å². The summed E-state index contributed by atoms with van der Waals surface area (Å²) >= 11 is 0. The van der Waals surface area contributed by atoms with Gasteiger partial charge >= 0.3 is 0 Å². The maximum absolute atomic E-state index is 12.9. The third-order valence-corrected chi connectivity index (χ3v) is 6.43. The number of rotatable bonds is 5. The van der Waals surface area contributed by atoms with Crippen LogP contribution in [0.5, 0.6) is 0 Å². The zero-order chi connectivity index (χ0) is 21.1. The molecule has 170 valence electrons. The molecule has 1 aromatic heterocycles. The lowest BCUT2D eigenvalue weighted by Gasteiger charge is -2.42. The van der Waals surface area contributed by atoms with Crippen molar-refractivity contribution >= 4 is 35.1 Å². The number of aliphatic hydroxyl groups excluding tert-OH is 1. The topological polar surface area (TPSA) is 91.9 Å². The van der Waals surface area contributed by atoms with E-state index in [2.05, 4.69) is 27.1 Å². The summed E-state index contributed by atoms with van der Waals surface area (Å²) in [6.45, 7) is 4.78. The van der Waals surface area contributed by atoms with Crippen molar-refractivity contribution in [3.05, 3.63) is 36.0 Å². The number of amides is 2. The number of hydrogen-bond donors (Lipinski definition) is 3. The maximum atomic E-state index is 12.9. The highest BCUT2D eigenvalue weighted by Crippen LogP contribution is 2.18. The van der Waals surface area contributed by atoms with Crippen molar-refractivity contribution in [2.45, 2.75) is 24.9 Å². The van der Waals surface area contributed by atoms with Gasteiger partial charge in [0, 0.05) is 49.5 Å². The third kappa shape index (κ3) is 5.38. The number of nitrogens with zero attached hydrogens (tertiary/aromatic N) is 3. The Balaban J connectivity index is 0.00000272. The number of nitrogens with one attached hydrogen (secondary N) is 2. The Morgan fingerprint density at radius 1 is 1.13 bits per heavy atom. The Morgan fingerprint density at radius 2 is 1.84 bits per heavy atom. The largest absolute Gasteiger partial charge is 0.394 e. The van der Waals surface area contributed by atoms with Gasteiger partial charge in [0.05, 0.1) is 6.61 Å². The second-order valence-electron chi connectivity index (χ2n) is 8.38. The molecule has 0 aliphatic carbocycles. The van der Waals surface area contributed by atoms with E-state index in [1.54, 1.807) is 17.0 Å². The summed E-state index contributed by atoms with van der Waals surface area (Å²) in [7, 11) is 2.16. The fourth-order valence-electron chi connectivity index (χ4n) is 4.50. The minimum Gasteiger partial charge on any atom is -0.394 e. The van der Waals surface area contributed by atoms with Crippen molar-refractivity contribution in [3.8, 4) is 0 Å². The molecule has 2 saturated heterocycles. The van der Waals surface area contributed by atoms with Gasteiger partial charge < -0.3 is 25.2 Å². The van der Waals surface area contributed by atoms with Crippen LogP contribution in [0, 0.1) is 0 Å². The van der Waals surface area contributed by atoms with Crippen LogP contribution in [0.25, 0.3) is 10.9 Å². The molecule has 2 aliphatic heterocycles. The Morgan fingerprint density at radius 3 is 2.52 bits per heavy atom. The Kier molecular flexibility index (Phi) is 7.94. The highest BCUT2D eigenvalue weighted by Gasteiger charge is 2.31. The zero-order valence-electron chi connectivity index (χ0n) is 17.9. The lowest BCUT2D eigenvalue weighted by atomic mass is 10.0. The molecule has 0 unspecified atom stereocenters. The van der Waals surface area contributed by atoms with Crippen LogP contribution in [-0.4, -0.2) is 102 Å². The van der Waals surface area contributed by atoms with E-state index in [0.717, 1.165) is 37.1 Å². The van der Waals surface area contributed by atoms with Gasteiger partial charge in [-0.15, -0.1) is 12.4 Å². The summed E-state index contributed by atoms with van der Waals surface area (Å²) in [6, 6.07) is 6.94. The molecular formula is C22H32ClN5O3. The minimum atomic E-state index is -0.924. The average Bonchev–Trinajstić information content (AvgIpc) is 3.25. The molecule has 0 radical (unpaired) electrons. The first-order valence-corrected chi connectivity index (χ1v) is 10.8. The van der Waals surface area contributed by atoms with Gasteiger partial charge in [0.15, 0.2) is 0 Å². The molecule has 8 nitrogen and oxygen atoms in total. The number of aromatic amines is 1. The van der Waals surface area contributed by atoms with Gasteiger partial charge in [-0.1, -0.05) is 6.07 Å². The number of halogens is 1. The lowest BCUT2D eigenvalue weighted by Crippen LogP contribution is -2.58. The van der Waals surface area contributed by atoms with Gasteiger partial charge in [-0.25, -0.2) is 0 Å². The van der Waals surface area contributed by atoms with Gasteiger partial charge in [-0.2, -0.15) is 0 Å². The molecule has 0 saturated carbocycles. The SMILES string of the molecule is CN1CCC(N2CCN(C(=O)[C@@H](CO)NC(=O)c3ccc4cc[nH]c4c3)CC2)CC1.Cl. The summed E-state index contributed by atoms with van der Waals surface area (Å²) in [5, 5.41) is 13.5. The lowest BCUT2D eigenvalue weighted by molar-refractivity contribution is -0.136. The Bertz CT molecular complexity index is 888. The molecule has 1 atom stereocenters. The van der Waals surface area contributed by atoms with Crippen molar-refractivity contribution in [2.75, 3.05) is 52.9 Å². The van der Waals surface area contributed by atoms with Crippen LogP contribution in [0.1, 0.15) is 23.2 Å². The molecule has 2 aliphatic rings. The number of H-pyrrole nitrogens is 1. The number of carbonyl (C=O) groups is 2. The second kappa shape index (κ2) is 10.5. The van der Waals surface area contributed by atoms with Crippen molar-refractivity contribution in [1.82, 2.24) is 25.0 Å². The normalized spacial score (nSPS) is 19.7. The Hall–Kier alpha value is -2.13. The molecule has 0 bridgehead atoms. The zero-order valence-corrected chi connectivity index (χ0v) is 18.7. The van der Waals surface area contributed by atoms with Crippen LogP contribution in [0.2, 0.25) is 0 Å². The van der Waals surface area contributed by atoms with Gasteiger partial charge in [0.2, 0.25) is 5.91 Å². The highest BCUT2D eigenvalue weighted by atomic mass is 35.5. The van der Waals surface area contributed by atoms with E-state index in [9.17, 15) is 14.7 Å². The van der Waals surface area contributed by atoms with Gasteiger partial charge in [0.1, 0.15) is 6.04 Å². The molecule has 3 heterocycles. The van der Waals surface area contributed by atoms with E-state index < -0.39 is 12.6 Å². The van der Waals surface area contributed by atoms with Crippen LogP contribution in [0.3, 0.4) is 0 Å². The summed E-state index contributed by atoms with van der Waals surface area (Å²) < 4.78 is 0. The molecular weight excluding hydrogens is 418 g/mol. The number of piperazine rings is 1. The van der Waals surface area contributed by atoms with Crippen LogP contribution in [0.15, 0.2) is 30.5 Å². The number of carbonyl (C=O) groups excluding carboxylic acids is 2. The van der Waals surface area contributed by atoms with Crippen molar-refractivity contribution in [1.29, 1.82) is 0 Å². The monoisotopic (exact) mass is 449 g/mol. The van der Waals surface area contributed by atoms with E-state index in [1.807, 2.05) is 18.3 Å². The fraction of sp³-hybridized carbons (Fsp3) is 0.545. The number of aromatic nitrogens is 1. The van der Waals surface area contributed by atoms with E-state index >= 15 is 0 Å². The first kappa shape index (κ1) is 23.5. The average molecular weight is 450 g/mol. The summed E-state index contributed by atoms with van der Waals surface area (Å²) in [5.74, 6) is -0.571. The van der Waals surface area contributed by atoms with E-state index in [1.165, 1.54) is 12.8 Å². The quantitative estimate of drug-likeness (QED) is 0.631. The molecule has 4 rings (SSSR count). The minimum absolute atomic E-state index is 0. The van der Waals surface area contributed by atoms with Crippen LogP contribution in [-0.2, 0) is 4.79 Å². The predicted molar refractivity (Wildman–Crippen MR) is 123 cm³/mol. The summed E-state index contributed by atoms with van der Waals surface area (Å²) in [6.07, 6.45) is 4.16. The first-order chi connectivity index (χ1) is 14.5. The second-order valence-corrected chi connectivity index (χ2v) is 8.38. The number of hydrogen-bond acceptors (Lipinski definition) is 5. The maximum Gasteiger partial charge on any atom is 0.252 e. The number of piperidine rings is 1. The Labute approximate surface area is 189 Å². The van der Waals surface area contributed by atoms with Crippen LogP contribution in [0.4, 0.5) is 0 Å². The van der Waals surface area contributed by atoms with E-state index in [4.69, 9.17) is 0 Å². The van der Waals surface area contributed by atoms with Gasteiger partial charge in [-0.05, 0) is 56.6 Å². The molecule has 2 amide bonds. The summed E-state index contributed by atoms with van der Waals surface area (Å²) in [4.78, 5) is 35.2. The number of benzene rings is 1. The number of fused-ring (bicyclic) bond motifs is 1. The molecule has 9 heteroatoms. The predicted octanol–water partition coefficient (Wildman–Crippen LogP) is 0.919. The molecule has 31 heavy (non-hydrogen) atoms. The van der Waals surface area contributed by atoms with E-state index in [0.29, 0.717) is 24.7 Å². The van der Waals surface area contributed by atoms with Gasteiger partial charge in [0.25, 0.3) is 5.91 Å². The molecule has 1 aromatic carbocycles. The van der Waals surface area contributed by atoms with Crippen molar-refractivity contribution < 1.29 is 14.7 Å². The number of likely N-dealkylation sites (tertiary alicyclic amines) is 1. The molecule has 3 N–H and O–H groups in total. The number of aliphatic hydroxyl groups is 1. The molecule has 2 fully saturated rings. The highest BCUT2D eigenvalue weighted by molar-refractivity contribution is 6.00. The standard InChI is InChI=1S/C22H31N5O3.ClH/c1-25-8-5-18(6-9-25)26-10-12-27(13-11-26)22(30)20(15-28)24-21(29)17-3-2-16-4-7-23-19(16)14-17;/h2-4,7,14,18,20,23,28H,5-6,8-13,15H2,1H3,(H,24,29);1H/t20-;/m1./s1. The van der Waals surface area contributed by atoms with Crippen molar-refractivity contribution in [3.63, 3.8) is 0 Å². The molecule has 2 aromatic rings.